The van der Waals surface area contributed by atoms with Gasteiger partial charge in [-0.25, -0.2) is 0 Å². The second-order valence-electron chi connectivity index (χ2n) is 6.61. The van der Waals surface area contributed by atoms with Crippen LogP contribution in [0.25, 0.3) is 0 Å². The lowest BCUT2D eigenvalue weighted by molar-refractivity contribution is 0.0594. The van der Waals surface area contributed by atoms with E-state index in [0.29, 0.717) is 6.04 Å². The molecule has 2 aromatic rings. The highest BCUT2D eigenvalue weighted by Gasteiger charge is 2.31. The fraction of sp³-hybridized carbons (Fsp3) is 0.400. The quantitative estimate of drug-likeness (QED) is 0.935. The summed E-state index contributed by atoms with van der Waals surface area (Å²) >= 11 is 0. The number of hydrogen-bond donors (Lipinski definition) is 1. The summed E-state index contributed by atoms with van der Waals surface area (Å²) in [7, 11) is 0. The van der Waals surface area contributed by atoms with Crippen molar-refractivity contribution in [1.29, 1.82) is 0 Å². The van der Waals surface area contributed by atoms with Crippen LogP contribution >= 0.6 is 0 Å². The van der Waals surface area contributed by atoms with Crippen LogP contribution in [0.4, 0.5) is 0 Å². The molecule has 0 saturated carbocycles. The molecule has 0 unspecified atom stereocenters. The molecular formula is C20H25N3. The summed E-state index contributed by atoms with van der Waals surface area (Å²) in [6.45, 7) is 6.99. The van der Waals surface area contributed by atoms with E-state index in [-0.39, 0.29) is 0 Å². The van der Waals surface area contributed by atoms with Crippen LogP contribution in [0.5, 0.6) is 0 Å². The minimum atomic E-state index is 0.374. The second kappa shape index (κ2) is 6.83. The van der Waals surface area contributed by atoms with E-state index in [1.807, 2.05) is 0 Å². The van der Waals surface area contributed by atoms with Gasteiger partial charge in [0.05, 0.1) is 6.04 Å². The zero-order valence-electron chi connectivity index (χ0n) is 13.6. The molecular weight excluding hydrogens is 282 g/mol. The monoisotopic (exact) mass is 307 g/mol. The summed E-state index contributed by atoms with van der Waals surface area (Å²) in [4.78, 5) is 5.30. The number of hydrogen-bond acceptors (Lipinski definition) is 3. The largest absolute Gasteiger partial charge is 0.314 e. The molecule has 23 heavy (non-hydrogen) atoms. The number of piperazine rings is 1. The molecule has 2 aromatic carbocycles. The normalized spacial score (nSPS) is 20.6. The van der Waals surface area contributed by atoms with E-state index in [4.69, 9.17) is 0 Å². The Morgan fingerprint density at radius 1 is 0.739 bits per heavy atom. The molecule has 0 atom stereocenters. The van der Waals surface area contributed by atoms with Crippen molar-refractivity contribution in [1.82, 2.24) is 15.1 Å². The Kier molecular flexibility index (Phi) is 4.42. The van der Waals surface area contributed by atoms with Gasteiger partial charge < -0.3 is 5.32 Å². The van der Waals surface area contributed by atoms with Gasteiger partial charge in [0.2, 0.25) is 0 Å². The number of nitrogens with one attached hydrogen (secondary N) is 1. The van der Waals surface area contributed by atoms with Crippen molar-refractivity contribution in [3.8, 4) is 0 Å². The maximum Gasteiger partial charge on any atom is 0.0602 e. The Balaban J connectivity index is 1.54. The molecule has 0 amide bonds. The first-order chi connectivity index (χ1) is 11.4. The van der Waals surface area contributed by atoms with E-state index in [2.05, 4.69) is 75.8 Å². The lowest BCUT2D eigenvalue weighted by Crippen LogP contribution is -2.61. The van der Waals surface area contributed by atoms with Gasteiger partial charge in [-0.05, 0) is 11.1 Å². The Hall–Kier alpha value is -1.68. The highest BCUT2D eigenvalue weighted by molar-refractivity contribution is 5.31. The second-order valence-corrected chi connectivity index (χ2v) is 6.61. The highest BCUT2D eigenvalue weighted by Crippen LogP contribution is 2.29. The molecule has 2 aliphatic heterocycles. The highest BCUT2D eigenvalue weighted by atomic mass is 15.3. The van der Waals surface area contributed by atoms with E-state index in [9.17, 15) is 0 Å². The Labute approximate surface area is 138 Å². The molecule has 4 rings (SSSR count). The Morgan fingerprint density at radius 2 is 1.26 bits per heavy atom. The van der Waals surface area contributed by atoms with Crippen molar-refractivity contribution in [2.75, 3.05) is 39.3 Å². The summed E-state index contributed by atoms with van der Waals surface area (Å²) in [5, 5.41) is 3.39. The van der Waals surface area contributed by atoms with Crippen LogP contribution in [0.15, 0.2) is 60.7 Å². The molecule has 2 aliphatic rings. The molecule has 1 N–H and O–H groups in total. The van der Waals surface area contributed by atoms with Crippen LogP contribution in [-0.2, 0) is 0 Å². The molecule has 0 bridgehead atoms. The third kappa shape index (κ3) is 3.18. The van der Waals surface area contributed by atoms with Crippen LogP contribution < -0.4 is 5.32 Å². The fourth-order valence-electron chi connectivity index (χ4n) is 3.78. The summed E-state index contributed by atoms with van der Waals surface area (Å²) in [5.41, 5.74) is 2.80. The van der Waals surface area contributed by atoms with Crippen LogP contribution in [0.1, 0.15) is 17.2 Å². The maximum absolute atomic E-state index is 3.39. The summed E-state index contributed by atoms with van der Waals surface area (Å²) in [6.07, 6.45) is 0. The van der Waals surface area contributed by atoms with E-state index < -0.39 is 0 Å². The van der Waals surface area contributed by atoms with Gasteiger partial charge >= 0.3 is 0 Å². The van der Waals surface area contributed by atoms with Gasteiger partial charge in [-0.3, -0.25) is 9.80 Å². The molecule has 0 radical (unpaired) electrons. The minimum absolute atomic E-state index is 0.374. The van der Waals surface area contributed by atoms with Gasteiger partial charge in [-0.15, -0.1) is 0 Å². The lowest BCUT2D eigenvalue weighted by Gasteiger charge is -2.45. The first-order valence-electron chi connectivity index (χ1n) is 8.70. The third-order valence-electron chi connectivity index (χ3n) is 5.22. The lowest BCUT2D eigenvalue weighted by atomic mass is 9.96. The standard InChI is InChI=1S/C20H25N3/c1-3-7-17(8-4-1)20(18-9-5-2-6-10-18)23-13-11-22(12-14-23)19-15-21-16-19/h1-10,19-21H,11-16H2. The summed E-state index contributed by atoms with van der Waals surface area (Å²) in [5.74, 6) is 0. The predicted octanol–water partition coefficient (Wildman–Crippen LogP) is 2.37. The van der Waals surface area contributed by atoms with Crippen molar-refractivity contribution in [2.24, 2.45) is 0 Å². The van der Waals surface area contributed by atoms with Gasteiger partial charge in [-0.2, -0.15) is 0 Å². The molecule has 0 spiro atoms. The van der Waals surface area contributed by atoms with Crippen molar-refractivity contribution in [2.45, 2.75) is 12.1 Å². The molecule has 0 aromatic heterocycles. The molecule has 2 fully saturated rings. The molecule has 2 heterocycles. The maximum atomic E-state index is 3.39. The smallest absolute Gasteiger partial charge is 0.0602 e. The topological polar surface area (TPSA) is 18.5 Å². The van der Waals surface area contributed by atoms with Crippen molar-refractivity contribution in [3.63, 3.8) is 0 Å². The van der Waals surface area contributed by atoms with Gasteiger partial charge in [0, 0.05) is 45.3 Å². The zero-order chi connectivity index (χ0) is 15.5. The molecule has 3 nitrogen and oxygen atoms in total. The van der Waals surface area contributed by atoms with Gasteiger partial charge in [0.1, 0.15) is 0 Å². The van der Waals surface area contributed by atoms with E-state index in [0.717, 1.165) is 19.1 Å². The number of nitrogens with zero attached hydrogens (tertiary/aromatic N) is 2. The van der Waals surface area contributed by atoms with Gasteiger partial charge in [0.25, 0.3) is 0 Å². The van der Waals surface area contributed by atoms with Gasteiger partial charge in [0.15, 0.2) is 0 Å². The summed E-state index contributed by atoms with van der Waals surface area (Å²) in [6, 6.07) is 23.0. The van der Waals surface area contributed by atoms with Gasteiger partial charge in [-0.1, -0.05) is 60.7 Å². The average Bonchev–Trinajstić information content (AvgIpc) is 2.57. The summed E-state index contributed by atoms with van der Waals surface area (Å²) < 4.78 is 0. The van der Waals surface area contributed by atoms with Crippen molar-refractivity contribution in [3.05, 3.63) is 71.8 Å². The van der Waals surface area contributed by atoms with Crippen LogP contribution in [0.2, 0.25) is 0 Å². The number of benzene rings is 2. The molecule has 0 aliphatic carbocycles. The van der Waals surface area contributed by atoms with Crippen LogP contribution in [0, 0.1) is 0 Å². The van der Waals surface area contributed by atoms with E-state index in [1.54, 1.807) is 0 Å². The molecule has 2 saturated heterocycles. The Morgan fingerprint density at radius 3 is 1.70 bits per heavy atom. The van der Waals surface area contributed by atoms with Crippen molar-refractivity contribution >= 4 is 0 Å². The van der Waals surface area contributed by atoms with Crippen LogP contribution in [0.3, 0.4) is 0 Å². The predicted molar refractivity (Wildman–Crippen MR) is 94.5 cm³/mol. The number of rotatable bonds is 4. The third-order valence-corrected chi connectivity index (χ3v) is 5.22. The van der Waals surface area contributed by atoms with E-state index >= 15 is 0 Å². The average molecular weight is 307 g/mol. The van der Waals surface area contributed by atoms with Crippen LogP contribution in [-0.4, -0.2) is 55.1 Å². The van der Waals surface area contributed by atoms with Crippen molar-refractivity contribution < 1.29 is 0 Å². The molecule has 3 heteroatoms. The van der Waals surface area contributed by atoms with E-state index in [1.165, 1.54) is 37.3 Å². The Bertz CT molecular complexity index is 562. The molecule has 120 valence electrons. The first-order valence-corrected chi connectivity index (χ1v) is 8.70. The zero-order valence-corrected chi connectivity index (χ0v) is 13.6. The first kappa shape index (κ1) is 14.9. The minimum Gasteiger partial charge on any atom is -0.314 e. The SMILES string of the molecule is c1ccc(C(c2ccccc2)N2CCN(C3CNC3)CC2)cc1. The fourth-order valence-corrected chi connectivity index (χ4v) is 3.78.